The van der Waals surface area contributed by atoms with Crippen molar-refractivity contribution in [3.05, 3.63) is 0 Å². The molecular weight excluding hydrogens is 246 g/mol. The Morgan fingerprint density at radius 2 is 1.81 bits per heavy atom. The highest BCUT2D eigenvalue weighted by molar-refractivity contribution is 7.85. The topological polar surface area (TPSA) is 66.4 Å². The minimum atomic E-state index is -4.05. The summed E-state index contributed by atoms with van der Waals surface area (Å²) in [6.45, 7) is 1.74. The fourth-order valence-electron chi connectivity index (χ4n) is 1.57. The van der Waals surface area contributed by atoms with Gasteiger partial charge in [0.25, 0.3) is 0 Å². The summed E-state index contributed by atoms with van der Waals surface area (Å²) in [6, 6.07) is 1.15. The first-order valence-corrected chi connectivity index (χ1v) is 8.67. The number of quaternary nitrogens is 1. The first-order valence-electron chi connectivity index (χ1n) is 5.51. The van der Waals surface area contributed by atoms with E-state index >= 15 is 0 Å². The molecule has 0 spiro atoms. The molecule has 0 aromatic heterocycles. The molecule has 0 aliphatic heterocycles. The highest BCUT2D eigenvalue weighted by Gasteiger charge is 2.14. The van der Waals surface area contributed by atoms with Crippen LogP contribution < -0.4 is 0 Å². The van der Waals surface area contributed by atoms with Gasteiger partial charge in [-0.25, -0.2) is 8.42 Å². The lowest BCUT2D eigenvalue weighted by atomic mass is 10.3. The molecule has 0 unspecified atom stereocenters. The molecule has 7 heteroatoms. The maximum Gasteiger partial charge on any atom is 0.161 e. The summed E-state index contributed by atoms with van der Waals surface area (Å²) in [6.07, 6.45) is 1.55. The molecule has 0 saturated carbocycles. The van der Waals surface area contributed by atoms with Crippen molar-refractivity contribution in [1.29, 1.82) is 0 Å². The van der Waals surface area contributed by atoms with Crippen LogP contribution in [0.1, 0.15) is 12.8 Å². The van der Waals surface area contributed by atoms with Gasteiger partial charge < -0.3 is 13.5 Å². The Morgan fingerprint density at radius 3 is 2.31 bits per heavy atom. The van der Waals surface area contributed by atoms with Crippen molar-refractivity contribution in [1.82, 2.24) is 0 Å². The summed E-state index contributed by atoms with van der Waals surface area (Å²) in [4.78, 5) is 0. The molecule has 0 saturated heterocycles. The van der Waals surface area contributed by atoms with Crippen LogP contribution in [0.2, 0.25) is 6.04 Å². The summed E-state index contributed by atoms with van der Waals surface area (Å²) in [7, 11) is 1.47. The van der Waals surface area contributed by atoms with Gasteiger partial charge in [-0.3, -0.25) is 0 Å². The average Bonchev–Trinajstić information content (AvgIpc) is 2.10. The molecule has 5 nitrogen and oxygen atoms in total. The third kappa shape index (κ3) is 10.6. The maximum atomic E-state index is 10.4. The largest absolute Gasteiger partial charge is 0.748 e. The van der Waals surface area contributed by atoms with Crippen LogP contribution in [-0.2, 0) is 14.5 Å². The van der Waals surface area contributed by atoms with Crippen LogP contribution in [0, 0.1) is 0 Å². The highest BCUT2D eigenvalue weighted by Crippen LogP contribution is 2.04. The van der Waals surface area contributed by atoms with Crippen molar-refractivity contribution in [3.8, 4) is 0 Å². The van der Waals surface area contributed by atoms with E-state index in [-0.39, 0.29) is 15.5 Å². The minimum Gasteiger partial charge on any atom is -0.748 e. The van der Waals surface area contributed by atoms with Crippen LogP contribution in [-0.4, -0.2) is 67.3 Å². The predicted molar refractivity (Wildman–Crippen MR) is 66.0 cm³/mol. The molecule has 0 heterocycles. The van der Waals surface area contributed by atoms with E-state index in [9.17, 15) is 13.0 Å². The van der Waals surface area contributed by atoms with E-state index in [2.05, 4.69) is 14.1 Å². The van der Waals surface area contributed by atoms with E-state index in [0.717, 1.165) is 30.0 Å². The van der Waals surface area contributed by atoms with Gasteiger partial charge in [-0.2, -0.15) is 0 Å². The first kappa shape index (κ1) is 16.0. The molecule has 0 aliphatic rings. The molecule has 0 aromatic rings. The fourth-order valence-corrected chi connectivity index (χ4v) is 2.77. The van der Waals surface area contributed by atoms with E-state index in [1.807, 2.05) is 0 Å². The molecular formula is C9H23NO4SSi. The normalized spacial score (nSPS) is 13.8. The molecule has 0 fully saturated rings. The van der Waals surface area contributed by atoms with Crippen LogP contribution in [0.4, 0.5) is 0 Å². The van der Waals surface area contributed by atoms with Gasteiger partial charge in [0, 0.05) is 19.3 Å². The average molecular weight is 269 g/mol. The number of hydrogen-bond donors (Lipinski definition) is 0. The van der Waals surface area contributed by atoms with Crippen molar-refractivity contribution in [2.45, 2.75) is 18.9 Å². The molecule has 0 amide bonds. The second-order valence-electron chi connectivity index (χ2n) is 4.70. The van der Waals surface area contributed by atoms with Crippen LogP contribution in [0.3, 0.4) is 0 Å². The van der Waals surface area contributed by atoms with E-state index in [0.29, 0.717) is 6.42 Å². The lowest BCUT2D eigenvalue weighted by molar-refractivity contribution is -0.890. The van der Waals surface area contributed by atoms with Crippen molar-refractivity contribution in [2.75, 3.05) is 40.0 Å². The summed E-state index contributed by atoms with van der Waals surface area (Å²) in [5.41, 5.74) is 0. The van der Waals surface area contributed by atoms with Crippen LogP contribution >= 0.6 is 0 Å². The maximum absolute atomic E-state index is 10.4. The Bertz CT molecular complexity index is 279. The van der Waals surface area contributed by atoms with E-state index in [1.165, 1.54) is 0 Å². The van der Waals surface area contributed by atoms with Crippen molar-refractivity contribution >= 4 is 19.9 Å². The van der Waals surface area contributed by atoms with E-state index in [4.69, 9.17) is 4.43 Å². The summed E-state index contributed by atoms with van der Waals surface area (Å²) < 4.78 is 37.2. The molecule has 0 aliphatic carbocycles. The minimum absolute atomic E-state index is 0.249. The van der Waals surface area contributed by atoms with Crippen molar-refractivity contribution < 1.29 is 21.9 Å². The standard InChI is InChI=1S/C9H23NO4SSi/c1-10(2,7-5-9-16-14-3)6-4-8-15(11,12)13/h4-9,16H2,1-3H3. The number of nitrogens with zero attached hydrogens (tertiary/aromatic N) is 1. The highest BCUT2D eigenvalue weighted by atomic mass is 32.2. The van der Waals surface area contributed by atoms with Crippen LogP contribution in [0.5, 0.6) is 0 Å². The van der Waals surface area contributed by atoms with E-state index < -0.39 is 10.1 Å². The quantitative estimate of drug-likeness (QED) is 0.246. The van der Waals surface area contributed by atoms with Gasteiger partial charge in [-0.05, 0) is 12.5 Å². The Kier molecular flexibility index (Phi) is 7.41. The van der Waals surface area contributed by atoms with Gasteiger partial charge in [0.1, 0.15) is 0 Å². The van der Waals surface area contributed by atoms with Gasteiger partial charge in [-0.1, -0.05) is 0 Å². The number of rotatable bonds is 9. The van der Waals surface area contributed by atoms with Crippen molar-refractivity contribution in [3.63, 3.8) is 0 Å². The van der Waals surface area contributed by atoms with Gasteiger partial charge in [0.15, 0.2) is 9.76 Å². The molecule has 98 valence electrons. The zero-order valence-corrected chi connectivity index (χ0v) is 12.7. The smallest absolute Gasteiger partial charge is 0.161 e. The first-order chi connectivity index (χ1) is 7.27. The molecule has 0 N–H and O–H groups in total. The molecule has 0 rings (SSSR count). The molecule has 0 radical (unpaired) electrons. The third-order valence-electron chi connectivity index (χ3n) is 2.52. The fraction of sp³-hybridized carbons (Fsp3) is 1.00. The summed E-state index contributed by atoms with van der Waals surface area (Å²) in [5, 5.41) is 0. The van der Waals surface area contributed by atoms with Crippen molar-refractivity contribution in [2.24, 2.45) is 0 Å². The Balaban J connectivity index is 3.70. The molecule has 0 bridgehead atoms. The van der Waals surface area contributed by atoms with Crippen LogP contribution in [0.25, 0.3) is 0 Å². The summed E-state index contributed by atoms with van der Waals surface area (Å²) >= 11 is 0. The second-order valence-corrected chi connectivity index (χ2v) is 7.91. The Hall–Kier alpha value is 0.0469. The SMILES string of the molecule is CO[SiH2]CCC[N+](C)(C)CCCS(=O)(=O)[O-]. The van der Waals surface area contributed by atoms with E-state index in [1.54, 1.807) is 7.11 Å². The van der Waals surface area contributed by atoms with Gasteiger partial charge >= 0.3 is 0 Å². The third-order valence-corrected chi connectivity index (χ3v) is 4.51. The van der Waals surface area contributed by atoms with Gasteiger partial charge in [0.2, 0.25) is 0 Å². The van der Waals surface area contributed by atoms with Gasteiger partial charge in [0.05, 0.1) is 37.3 Å². The monoisotopic (exact) mass is 269 g/mol. The zero-order valence-electron chi connectivity index (χ0n) is 10.4. The number of hydrogen-bond acceptors (Lipinski definition) is 4. The lowest BCUT2D eigenvalue weighted by Crippen LogP contribution is -2.41. The van der Waals surface area contributed by atoms with Gasteiger partial charge in [-0.15, -0.1) is 0 Å². The van der Waals surface area contributed by atoms with Crippen LogP contribution in [0.15, 0.2) is 0 Å². The second kappa shape index (κ2) is 7.39. The predicted octanol–water partition coefficient (Wildman–Crippen LogP) is -0.463. The Labute approximate surface area is 101 Å². The zero-order chi connectivity index (χ0) is 12.7. The summed E-state index contributed by atoms with van der Waals surface area (Å²) in [5.74, 6) is -0.249. The molecule has 0 aromatic carbocycles. The molecule has 0 atom stereocenters. The molecule has 16 heavy (non-hydrogen) atoms. The lowest BCUT2D eigenvalue weighted by Gasteiger charge is -2.30. The Morgan fingerprint density at radius 1 is 1.25 bits per heavy atom.